The van der Waals surface area contributed by atoms with Gasteiger partial charge in [0.05, 0.1) is 6.04 Å². The van der Waals surface area contributed by atoms with E-state index in [4.69, 9.17) is 0 Å². The van der Waals surface area contributed by atoms with Crippen LogP contribution in [0.2, 0.25) is 0 Å². The van der Waals surface area contributed by atoms with E-state index in [2.05, 4.69) is 28.0 Å². The van der Waals surface area contributed by atoms with E-state index in [0.29, 0.717) is 18.0 Å². The maximum atomic E-state index is 13.2. The summed E-state index contributed by atoms with van der Waals surface area (Å²) < 4.78 is 3.08. The van der Waals surface area contributed by atoms with E-state index in [-0.39, 0.29) is 29.3 Å². The third-order valence-electron chi connectivity index (χ3n) is 5.80. The Morgan fingerprint density at radius 1 is 1.06 bits per heavy atom. The molecule has 3 atom stereocenters. The summed E-state index contributed by atoms with van der Waals surface area (Å²) in [5, 5.41) is 15.6. The van der Waals surface area contributed by atoms with Gasteiger partial charge in [-0.25, -0.2) is 8.32 Å². The van der Waals surface area contributed by atoms with Crippen LogP contribution in [0.3, 0.4) is 0 Å². The molecule has 0 saturated carbocycles. The van der Waals surface area contributed by atoms with Crippen LogP contribution in [0.1, 0.15) is 81.1 Å². The smallest absolute Gasteiger partial charge is 0.326 e. The van der Waals surface area contributed by atoms with Gasteiger partial charge >= 0.3 is 5.97 Å². The number of hydrogen-bond donors (Lipinski definition) is 4. The molecule has 0 aliphatic heterocycles. The van der Waals surface area contributed by atoms with Gasteiger partial charge in [-0.2, -0.15) is 0 Å². The minimum absolute atomic E-state index is 0.0552. The zero-order chi connectivity index (χ0) is 26.6. The summed E-state index contributed by atoms with van der Waals surface area (Å²) >= 11 is 2.00. The first-order chi connectivity index (χ1) is 15.6. The predicted molar refractivity (Wildman–Crippen MR) is 147 cm³/mol. The third kappa shape index (κ3) is 12.0. The van der Waals surface area contributed by atoms with E-state index in [0.717, 1.165) is 25.8 Å². The van der Waals surface area contributed by atoms with Gasteiger partial charge < -0.3 is 20.6 Å². The summed E-state index contributed by atoms with van der Waals surface area (Å²) in [6.45, 7) is 16.7. The molecule has 0 bridgehead atoms. The number of halogens is 1. The topological polar surface area (TPSA) is 111 Å². The lowest BCUT2D eigenvalue weighted by Gasteiger charge is -2.36. The molecule has 0 spiro atoms. The van der Waals surface area contributed by atoms with Crippen molar-refractivity contribution >= 4 is 40.6 Å². The van der Waals surface area contributed by atoms with Crippen LogP contribution in [0.25, 0.3) is 0 Å². The van der Waals surface area contributed by atoms with E-state index in [9.17, 15) is 19.5 Å². The van der Waals surface area contributed by atoms with E-state index >= 15 is 0 Å². The quantitative estimate of drug-likeness (QED) is 0.0992. The number of nitrogens with zero attached hydrogens (tertiary/aromatic N) is 1. The number of nitrogens with one attached hydrogen (secondary N) is 3. The van der Waals surface area contributed by atoms with Crippen molar-refractivity contribution in [2.45, 2.75) is 105 Å². The van der Waals surface area contributed by atoms with Gasteiger partial charge in [0.1, 0.15) is 12.1 Å². The minimum Gasteiger partial charge on any atom is -0.480 e. The van der Waals surface area contributed by atoms with Crippen LogP contribution in [0.15, 0.2) is 11.6 Å². The lowest BCUT2D eigenvalue weighted by molar-refractivity contribution is -0.141. The molecule has 0 aromatic rings. The zero-order valence-corrected chi connectivity index (χ0v) is 24.7. The molecule has 4 N–H and O–H groups in total. The van der Waals surface area contributed by atoms with Gasteiger partial charge in [0, 0.05) is 41.5 Å². The molecule has 34 heavy (non-hydrogen) atoms. The van der Waals surface area contributed by atoms with E-state index in [1.807, 2.05) is 57.5 Å². The van der Waals surface area contributed by atoms with Crippen molar-refractivity contribution in [1.29, 1.82) is 0 Å². The first-order valence-corrected chi connectivity index (χ1v) is 13.3. The van der Waals surface area contributed by atoms with Crippen molar-refractivity contribution in [2.75, 3.05) is 13.6 Å². The standard InChI is InChI=1S/C25H47IN4O4/c1-16(2)20(30(9)23(32)21(29-26)25(6,7)8)15-18(5)22(31)28-19(24(33)34)13-11-10-12-14-27-17(3)4/h15-17,19-21,27,29H,10-14H2,1-9H3,(H,28,31)(H,33,34)/b18-15+/t19?,20-,21-/m1/s1. The van der Waals surface area contributed by atoms with Gasteiger partial charge in [-0.15, -0.1) is 0 Å². The molecule has 8 nitrogen and oxygen atoms in total. The van der Waals surface area contributed by atoms with Crippen LogP contribution in [-0.2, 0) is 14.4 Å². The fraction of sp³-hybridized carbons (Fsp3) is 0.800. The maximum absolute atomic E-state index is 13.2. The van der Waals surface area contributed by atoms with E-state index in [1.54, 1.807) is 24.9 Å². The van der Waals surface area contributed by atoms with Gasteiger partial charge in [-0.1, -0.05) is 67.4 Å². The van der Waals surface area contributed by atoms with Crippen molar-refractivity contribution < 1.29 is 19.5 Å². The fourth-order valence-corrected chi connectivity index (χ4v) is 4.79. The number of hydrogen-bond acceptors (Lipinski definition) is 5. The molecule has 2 amide bonds. The highest BCUT2D eigenvalue weighted by Gasteiger charge is 2.35. The Morgan fingerprint density at radius 2 is 1.65 bits per heavy atom. The third-order valence-corrected chi connectivity index (χ3v) is 6.43. The van der Waals surface area contributed by atoms with Crippen molar-refractivity contribution in [2.24, 2.45) is 11.3 Å². The summed E-state index contributed by atoms with van der Waals surface area (Å²) in [5.41, 5.74) is 0.129. The Kier molecular flexibility index (Phi) is 15.2. The number of amides is 2. The zero-order valence-electron chi connectivity index (χ0n) is 22.5. The Labute approximate surface area is 220 Å². The highest BCUT2D eigenvalue weighted by atomic mass is 127. The summed E-state index contributed by atoms with van der Waals surface area (Å²) in [6, 6.07) is -1.18. The van der Waals surface area contributed by atoms with E-state index < -0.39 is 17.9 Å². The average Bonchev–Trinajstić information content (AvgIpc) is 2.71. The SMILES string of the molecule is C/C(=C\[C@H](C(C)C)N(C)C(=O)[C@@H](NI)C(C)(C)C)C(=O)NC(CCCCCNC(C)C)C(=O)O. The molecular weight excluding hydrogens is 547 g/mol. The van der Waals surface area contributed by atoms with Gasteiger partial charge in [-0.05, 0) is 37.6 Å². The van der Waals surface area contributed by atoms with Crippen LogP contribution >= 0.6 is 22.9 Å². The molecule has 9 heteroatoms. The molecule has 0 radical (unpaired) electrons. The van der Waals surface area contributed by atoms with Crippen LogP contribution in [-0.4, -0.2) is 65.5 Å². The number of carbonyl (C=O) groups is 3. The number of likely N-dealkylation sites (N-methyl/N-ethyl adjacent to an activating group) is 1. The Balaban J connectivity index is 5.23. The van der Waals surface area contributed by atoms with Crippen LogP contribution in [0, 0.1) is 11.3 Å². The first-order valence-electron chi connectivity index (χ1n) is 12.2. The molecule has 0 aliphatic rings. The largest absolute Gasteiger partial charge is 0.480 e. The molecular formula is C25H47IN4O4. The average molecular weight is 595 g/mol. The van der Waals surface area contributed by atoms with E-state index in [1.165, 1.54) is 0 Å². The number of aliphatic carboxylic acids is 1. The molecule has 0 aromatic heterocycles. The van der Waals surface area contributed by atoms with Crippen LogP contribution in [0.5, 0.6) is 0 Å². The van der Waals surface area contributed by atoms with Gasteiger partial charge in [0.25, 0.3) is 0 Å². The van der Waals surface area contributed by atoms with Gasteiger partial charge in [0.2, 0.25) is 11.8 Å². The molecule has 0 heterocycles. The number of carboxylic acid groups (broad SMARTS) is 1. The molecule has 198 valence electrons. The Bertz CT molecular complexity index is 689. The van der Waals surface area contributed by atoms with Crippen LogP contribution < -0.4 is 14.2 Å². The van der Waals surface area contributed by atoms with Crippen molar-refractivity contribution in [3.8, 4) is 0 Å². The molecule has 0 fully saturated rings. The summed E-state index contributed by atoms with van der Waals surface area (Å²) in [5.74, 6) is -1.43. The Morgan fingerprint density at radius 3 is 2.09 bits per heavy atom. The summed E-state index contributed by atoms with van der Waals surface area (Å²) in [4.78, 5) is 39.3. The second kappa shape index (κ2) is 15.7. The summed E-state index contributed by atoms with van der Waals surface area (Å²) in [6.07, 6.45) is 4.74. The predicted octanol–water partition coefficient (Wildman–Crippen LogP) is 3.90. The van der Waals surface area contributed by atoms with Gasteiger partial charge in [-0.3, -0.25) is 9.59 Å². The fourth-order valence-electron chi connectivity index (χ4n) is 3.59. The lowest BCUT2D eigenvalue weighted by atomic mass is 9.86. The minimum atomic E-state index is -1.03. The van der Waals surface area contributed by atoms with Crippen molar-refractivity contribution in [3.05, 3.63) is 11.6 Å². The van der Waals surface area contributed by atoms with Crippen LogP contribution in [0.4, 0.5) is 0 Å². The molecule has 0 aromatic carbocycles. The second-order valence-corrected chi connectivity index (χ2v) is 11.4. The maximum Gasteiger partial charge on any atom is 0.326 e. The van der Waals surface area contributed by atoms with Crippen molar-refractivity contribution in [1.82, 2.24) is 19.1 Å². The molecule has 1 unspecified atom stereocenters. The van der Waals surface area contributed by atoms with Crippen molar-refractivity contribution in [3.63, 3.8) is 0 Å². The first kappa shape index (κ1) is 32.8. The molecule has 0 aliphatic carbocycles. The molecule has 0 rings (SSSR count). The monoisotopic (exact) mass is 594 g/mol. The number of carbonyl (C=O) groups excluding carboxylic acids is 2. The summed E-state index contributed by atoms with van der Waals surface area (Å²) in [7, 11) is 1.75. The highest BCUT2D eigenvalue weighted by Crippen LogP contribution is 2.24. The second-order valence-electron chi connectivity index (χ2n) is 10.8. The van der Waals surface area contributed by atoms with Gasteiger partial charge in [0.15, 0.2) is 0 Å². The number of unbranched alkanes of at least 4 members (excludes halogenated alkanes) is 2. The highest BCUT2D eigenvalue weighted by molar-refractivity contribution is 14.1. The number of carboxylic acids is 1. The molecule has 0 saturated heterocycles. The Hall–Kier alpha value is -1.20. The number of rotatable bonds is 15. The lowest BCUT2D eigenvalue weighted by Crippen LogP contribution is -2.52. The normalized spacial score (nSPS) is 15.2.